The molecule has 6 heteroatoms. The number of anilines is 1. The first-order valence-electron chi connectivity index (χ1n) is 6.08. The van der Waals surface area contributed by atoms with Crippen LogP contribution in [0.3, 0.4) is 0 Å². The molecule has 0 unspecified atom stereocenters. The third-order valence-electron chi connectivity index (χ3n) is 2.79. The molecule has 0 bridgehead atoms. The molecule has 20 heavy (non-hydrogen) atoms. The Morgan fingerprint density at radius 2 is 1.80 bits per heavy atom. The van der Waals surface area contributed by atoms with Gasteiger partial charge in [-0.25, -0.2) is 13.1 Å². The predicted octanol–water partition coefficient (Wildman–Crippen LogP) is 2.44. The molecular formula is C14H15ClN2O2S. The number of benzene rings is 2. The summed E-state index contributed by atoms with van der Waals surface area (Å²) in [4.78, 5) is 0.0430. The number of halogens is 1. The minimum Gasteiger partial charge on any atom is -0.399 e. The molecule has 2 aromatic carbocycles. The Morgan fingerprint density at radius 3 is 2.45 bits per heavy atom. The van der Waals surface area contributed by atoms with E-state index in [-0.39, 0.29) is 9.92 Å². The molecule has 0 saturated carbocycles. The monoisotopic (exact) mass is 310 g/mol. The van der Waals surface area contributed by atoms with Gasteiger partial charge in [-0.1, -0.05) is 41.9 Å². The summed E-state index contributed by atoms with van der Waals surface area (Å²) in [6, 6.07) is 14.0. The standard InChI is InChI=1S/C14H15ClN2O2S/c15-13-10-12(16)6-7-14(13)20(18,19)17-9-8-11-4-2-1-3-5-11/h1-7,10,17H,8-9,16H2. The molecule has 0 spiro atoms. The third-order valence-corrected chi connectivity index (χ3v) is 4.74. The van der Waals surface area contributed by atoms with E-state index in [2.05, 4.69) is 4.72 Å². The SMILES string of the molecule is Nc1ccc(S(=O)(=O)NCCc2ccccc2)c(Cl)c1. The molecule has 0 aliphatic carbocycles. The maximum Gasteiger partial charge on any atom is 0.242 e. The van der Waals surface area contributed by atoms with E-state index >= 15 is 0 Å². The fourth-order valence-corrected chi connectivity index (χ4v) is 3.37. The van der Waals surface area contributed by atoms with Crippen LogP contribution in [0.25, 0.3) is 0 Å². The van der Waals surface area contributed by atoms with E-state index in [4.69, 9.17) is 17.3 Å². The van der Waals surface area contributed by atoms with Crippen molar-refractivity contribution in [2.24, 2.45) is 0 Å². The first kappa shape index (κ1) is 14.8. The molecule has 0 amide bonds. The first-order chi connectivity index (χ1) is 9.49. The molecule has 0 atom stereocenters. The van der Waals surface area contributed by atoms with E-state index in [0.29, 0.717) is 18.7 Å². The first-order valence-corrected chi connectivity index (χ1v) is 7.94. The Balaban J connectivity index is 2.04. The molecule has 0 aromatic heterocycles. The van der Waals surface area contributed by atoms with Crippen LogP contribution in [0.5, 0.6) is 0 Å². The Kier molecular flexibility index (Phi) is 4.65. The number of nitrogens with one attached hydrogen (secondary N) is 1. The van der Waals surface area contributed by atoms with Crippen molar-refractivity contribution in [3.8, 4) is 0 Å². The van der Waals surface area contributed by atoms with Gasteiger partial charge in [0.25, 0.3) is 0 Å². The van der Waals surface area contributed by atoms with Crippen LogP contribution >= 0.6 is 11.6 Å². The van der Waals surface area contributed by atoms with Crippen molar-refractivity contribution in [2.75, 3.05) is 12.3 Å². The van der Waals surface area contributed by atoms with Crippen molar-refractivity contribution >= 4 is 27.3 Å². The molecule has 0 fully saturated rings. The molecule has 0 aliphatic heterocycles. The quantitative estimate of drug-likeness (QED) is 0.833. The van der Waals surface area contributed by atoms with Crippen molar-refractivity contribution in [3.05, 3.63) is 59.1 Å². The second-order valence-corrected chi connectivity index (χ2v) is 6.47. The summed E-state index contributed by atoms with van der Waals surface area (Å²) in [5.41, 5.74) is 7.04. The largest absolute Gasteiger partial charge is 0.399 e. The highest BCUT2D eigenvalue weighted by Gasteiger charge is 2.17. The summed E-state index contributed by atoms with van der Waals surface area (Å²) in [5.74, 6) is 0. The predicted molar refractivity (Wildman–Crippen MR) is 81.2 cm³/mol. The Morgan fingerprint density at radius 1 is 1.10 bits per heavy atom. The molecule has 0 aliphatic rings. The molecule has 2 aromatic rings. The number of nitrogen functional groups attached to an aromatic ring is 1. The molecule has 0 radical (unpaired) electrons. The molecule has 0 heterocycles. The van der Waals surface area contributed by atoms with Crippen LogP contribution < -0.4 is 10.5 Å². The lowest BCUT2D eigenvalue weighted by Crippen LogP contribution is -2.26. The van der Waals surface area contributed by atoms with Gasteiger partial charge in [-0.2, -0.15) is 0 Å². The Labute approximate surface area is 123 Å². The summed E-state index contributed by atoms with van der Waals surface area (Å²) in [6.07, 6.45) is 0.618. The number of sulfonamides is 1. The van der Waals surface area contributed by atoms with E-state index in [1.807, 2.05) is 30.3 Å². The number of rotatable bonds is 5. The van der Waals surface area contributed by atoms with Crippen LogP contribution in [-0.4, -0.2) is 15.0 Å². The van der Waals surface area contributed by atoms with E-state index in [1.165, 1.54) is 18.2 Å². The van der Waals surface area contributed by atoms with Gasteiger partial charge in [0.15, 0.2) is 0 Å². The summed E-state index contributed by atoms with van der Waals surface area (Å²) < 4.78 is 26.8. The minimum absolute atomic E-state index is 0.0430. The highest BCUT2D eigenvalue weighted by molar-refractivity contribution is 7.89. The van der Waals surface area contributed by atoms with Gasteiger partial charge in [0, 0.05) is 12.2 Å². The maximum absolute atomic E-state index is 12.1. The van der Waals surface area contributed by atoms with Crippen molar-refractivity contribution in [2.45, 2.75) is 11.3 Å². The zero-order valence-corrected chi connectivity index (χ0v) is 12.3. The van der Waals surface area contributed by atoms with Gasteiger partial charge in [0.1, 0.15) is 4.90 Å². The topological polar surface area (TPSA) is 72.2 Å². The van der Waals surface area contributed by atoms with Crippen molar-refractivity contribution in [1.82, 2.24) is 4.72 Å². The van der Waals surface area contributed by atoms with Crippen molar-refractivity contribution in [3.63, 3.8) is 0 Å². The van der Waals surface area contributed by atoms with Crippen molar-refractivity contribution in [1.29, 1.82) is 0 Å². The molecule has 106 valence electrons. The summed E-state index contributed by atoms with van der Waals surface area (Å²) >= 11 is 5.91. The third kappa shape index (κ3) is 3.72. The van der Waals surface area contributed by atoms with Gasteiger partial charge in [0.2, 0.25) is 10.0 Å². The Bertz CT molecular complexity index is 688. The maximum atomic E-state index is 12.1. The van der Waals surface area contributed by atoms with Crippen LogP contribution in [0, 0.1) is 0 Å². The number of hydrogen-bond donors (Lipinski definition) is 2. The van der Waals surface area contributed by atoms with E-state index in [1.54, 1.807) is 0 Å². The lowest BCUT2D eigenvalue weighted by molar-refractivity contribution is 0.582. The zero-order chi connectivity index (χ0) is 14.6. The van der Waals surface area contributed by atoms with Gasteiger partial charge >= 0.3 is 0 Å². The summed E-state index contributed by atoms with van der Waals surface area (Å²) in [5, 5.41) is 0.122. The number of hydrogen-bond acceptors (Lipinski definition) is 3. The smallest absolute Gasteiger partial charge is 0.242 e. The Hall–Kier alpha value is -1.56. The van der Waals surface area contributed by atoms with Gasteiger partial charge in [-0.05, 0) is 30.2 Å². The average Bonchev–Trinajstić information content (AvgIpc) is 2.39. The fourth-order valence-electron chi connectivity index (χ4n) is 1.79. The normalized spacial score (nSPS) is 11.4. The average molecular weight is 311 g/mol. The van der Waals surface area contributed by atoms with Crippen LogP contribution in [0.2, 0.25) is 5.02 Å². The van der Waals surface area contributed by atoms with E-state index in [0.717, 1.165) is 5.56 Å². The molecule has 2 rings (SSSR count). The molecule has 4 nitrogen and oxygen atoms in total. The molecular weight excluding hydrogens is 296 g/mol. The number of nitrogens with two attached hydrogens (primary N) is 1. The highest BCUT2D eigenvalue weighted by Crippen LogP contribution is 2.23. The zero-order valence-electron chi connectivity index (χ0n) is 10.7. The second kappa shape index (κ2) is 6.26. The second-order valence-electron chi connectivity index (χ2n) is 4.32. The van der Waals surface area contributed by atoms with Gasteiger partial charge in [0.05, 0.1) is 5.02 Å². The summed E-state index contributed by atoms with van der Waals surface area (Å²) in [7, 11) is -3.62. The van der Waals surface area contributed by atoms with Crippen LogP contribution in [0.15, 0.2) is 53.4 Å². The molecule has 3 N–H and O–H groups in total. The van der Waals surface area contributed by atoms with E-state index in [9.17, 15) is 8.42 Å². The molecule has 0 saturated heterocycles. The van der Waals surface area contributed by atoms with Crippen LogP contribution in [0.1, 0.15) is 5.56 Å². The lowest BCUT2D eigenvalue weighted by Gasteiger charge is -2.09. The highest BCUT2D eigenvalue weighted by atomic mass is 35.5. The summed E-state index contributed by atoms with van der Waals surface area (Å²) in [6.45, 7) is 0.313. The fraction of sp³-hybridized carbons (Fsp3) is 0.143. The van der Waals surface area contributed by atoms with Crippen LogP contribution in [0.4, 0.5) is 5.69 Å². The van der Waals surface area contributed by atoms with Crippen molar-refractivity contribution < 1.29 is 8.42 Å². The van der Waals surface area contributed by atoms with Gasteiger partial charge in [-0.15, -0.1) is 0 Å². The minimum atomic E-state index is -3.62. The van der Waals surface area contributed by atoms with Crippen LogP contribution in [-0.2, 0) is 16.4 Å². The lowest BCUT2D eigenvalue weighted by atomic mass is 10.2. The van der Waals surface area contributed by atoms with E-state index < -0.39 is 10.0 Å². The van der Waals surface area contributed by atoms with Gasteiger partial charge < -0.3 is 5.73 Å². The van der Waals surface area contributed by atoms with Gasteiger partial charge in [-0.3, -0.25) is 0 Å².